The highest BCUT2D eigenvalue weighted by Crippen LogP contribution is 2.21. The van der Waals surface area contributed by atoms with E-state index in [1.165, 1.54) is 6.92 Å². The minimum Gasteiger partial charge on any atom is -0.394 e. The Balaban J connectivity index is 5.38. The molecule has 17 heavy (non-hydrogen) atoms. The molecule has 0 aromatic rings. The van der Waals surface area contributed by atoms with Crippen molar-refractivity contribution < 1.29 is 35.1 Å². The summed E-state index contributed by atoms with van der Waals surface area (Å²) in [5.41, 5.74) is 2.24. The number of aliphatic hydroxyl groups is 5. The number of carbonyl (C=O) groups excluding carboxylic acids is 2. The van der Waals surface area contributed by atoms with Crippen LogP contribution >= 0.6 is 0 Å². The fourth-order valence-electron chi connectivity index (χ4n) is 1.33. The lowest BCUT2D eigenvalue weighted by Gasteiger charge is -2.36. The maximum atomic E-state index is 11.6. The standard InChI is InChI=1S/C9H17NO7/c1-4(10)7(15)9(17,6(14)3-12)8(16)5(13)2-11/h3-6,8,11,13-14,16-17H,2,10H2,1H3/t4-,5+,6-,8+,9-/m0/s1. The third kappa shape index (κ3) is 3.06. The number of nitrogens with two attached hydrogens (primary N) is 1. The summed E-state index contributed by atoms with van der Waals surface area (Å²) in [6.45, 7) is 0.199. The third-order valence-corrected chi connectivity index (χ3v) is 2.39. The molecule has 0 amide bonds. The zero-order chi connectivity index (χ0) is 13.8. The molecule has 0 heterocycles. The second-order valence-corrected chi connectivity index (χ2v) is 3.75. The van der Waals surface area contributed by atoms with Crippen LogP contribution in [0.3, 0.4) is 0 Å². The minimum atomic E-state index is -2.96. The maximum absolute atomic E-state index is 11.6. The quantitative estimate of drug-likeness (QED) is 0.249. The van der Waals surface area contributed by atoms with E-state index in [-0.39, 0.29) is 6.29 Å². The van der Waals surface area contributed by atoms with Gasteiger partial charge >= 0.3 is 0 Å². The summed E-state index contributed by atoms with van der Waals surface area (Å²) in [7, 11) is 0. The normalized spacial score (nSPS) is 22.1. The summed E-state index contributed by atoms with van der Waals surface area (Å²) >= 11 is 0. The van der Waals surface area contributed by atoms with Crippen LogP contribution in [0, 0.1) is 0 Å². The minimum absolute atomic E-state index is 0.173. The molecule has 100 valence electrons. The van der Waals surface area contributed by atoms with E-state index in [1.807, 2.05) is 0 Å². The van der Waals surface area contributed by atoms with Crippen molar-refractivity contribution in [1.29, 1.82) is 0 Å². The van der Waals surface area contributed by atoms with Gasteiger partial charge < -0.3 is 36.1 Å². The number of rotatable bonds is 7. The monoisotopic (exact) mass is 251 g/mol. The van der Waals surface area contributed by atoms with Gasteiger partial charge in [-0.3, -0.25) is 4.79 Å². The van der Waals surface area contributed by atoms with Gasteiger partial charge in [0.15, 0.2) is 17.7 Å². The highest BCUT2D eigenvalue weighted by Gasteiger charge is 2.52. The van der Waals surface area contributed by atoms with Crippen molar-refractivity contribution in [2.24, 2.45) is 5.73 Å². The Morgan fingerprint density at radius 2 is 1.88 bits per heavy atom. The maximum Gasteiger partial charge on any atom is 0.186 e. The Bertz CT molecular complexity index is 283. The number of hydrogen-bond acceptors (Lipinski definition) is 8. The molecule has 7 N–H and O–H groups in total. The third-order valence-electron chi connectivity index (χ3n) is 2.39. The summed E-state index contributed by atoms with van der Waals surface area (Å²) in [5.74, 6) is -1.22. The first-order valence-electron chi connectivity index (χ1n) is 4.86. The van der Waals surface area contributed by atoms with Gasteiger partial charge in [0.25, 0.3) is 0 Å². The molecule has 8 nitrogen and oxygen atoms in total. The summed E-state index contributed by atoms with van der Waals surface area (Å²) < 4.78 is 0. The van der Waals surface area contributed by atoms with E-state index in [0.29, 0.717) is 0 Å². The van der Waals surface area contributed by atoms with E-state index in [0.717, 1.165) is 0 Å². The van der Waals surface area contributed by atoms with Crippen LogP contribution in [0.25, 0.3) is 0 Å². The molecule has 0 radical (unpaired) electrons. The Morgan fingerprint density at radius 1 is 1.41 bits per heavy atom. The van der Waals surface area contributed by atoms with E-state index < -0.39 is 42.3 Å². The van der Waals surface area contributed by atoms with Crippen molar-refractivity contribution in [2.75, 3.05) is 6.61 Å². The van der Waals surface area contributed by atoms with E-state index in [2.05, 4.69) is 0 Å². The van der Waals surface area contributed by atoms with Crippen LogP contribution in [0.5, 0.6) is 0 Å². The molecule has 5 atom stereocenters. The van der Waals surface area contributed by atoms with Crippen LogP contribution < -0.4 is 5.73 Å². The first kappa shape index (κ1) is 16.1. The average molecular weight is 251 g/mol. The number of aliphatic hydroxyl groups excluding tert-OH is 4. The lowest BCUT2D eigenvalue weighted by molar-refractivity contribution is -0.190. The summed E-state index contributed by atoms with van der Waals surface area (Å²) in [5, 5.41) is 46.4. The first-order valence-corrected chi connectivity index (χ1v) is 4.86. The largest absolute Gasteiger partial charge is 0.394 e. The van der Waals surface area contributed by atoms with Crippen molar-refractivity contribution in [3.63, 3.8) is 0 Å². The smallest absolute Gasteiger partial charge is 0.186 e. The Kier molecular flexibility index (Phi) is 5.82. The Labute approximate surface area is 97.3 Å². The van der Waals surface area contributed by atoms with Gasteiger partial charge in [0.2, 0.25) is 0 Å². The van der Waals surface area contributed by atoms with Crippen LogP contribution in [0.1, 0.15) is 6.92 Å². The Morgan fingerprint density at radius 3 is 2.18 bits per heavy atom. The molecule has 0 rings (SSSR count). The van der Waals surface area contributed by atoms with Crippen LogP contribution in [0.15, 0.2) is 0 Å². The molecule has 0 aromatic heterocycles. The first-order chi connectivity index (χ1) is 7.73. The van der Waals surface area contributed by atoms with E-state index in [1.54, 1.807) is 0 Å². The highest BCUT2D eigenvalue weighted by molar-refractivity contribution is 5.95. The molecular formula is C9H17NO7. The molecule has 0 aliphatic heterocycles. The predicted octanol–water partition coefficient (Wildman–Crippen LogP) is -4.09. The lowest BCUT2D eigenvalue weighted by Crippen LogP contribution is -2.65. The van der Waals surface area contributed by atoms with Crippen LogP contribution in [-0.4, -0.2) is 74.2 Å². The van der Waals surface area contributed by atoms with Gasteiger partial charge in [-0.05, 0) is 6.92 Å². The summed E-state index contributed by atoms with van der Waals surface area (Å²) in [6.07, 6.45) is -6.59. The van der Waals surface area contributed by atoms with Gasteiger partial charge in [0, 0.05) is 0 Å². The zero-order valence-electron chi connectivity index (χ0n) is 9.22. The van der Waals surface area contributed by atoms with Gasteiger partial charge in [0.1, 0.15) is 18.3 Å². The van der Waals surface area contributed by atoms with Gasteiger partial charge in [-0.1, -0.05) is 0 Å². The van der Waals surface area contributed by atoms with Crippen molar-refractivity contribution >= 4 is 12.1 Å². The number of Topliss-reactive ketones (excluding diaryl/α,β-unsaturated/α-hetero) is 1. The van der Waals surface area contributed by atoms with Crippen molar-refractivity contribution in [3.8, 4) is 0 Å². The lowest BCUT2D eigenvalue weighted by atomic mass is 9.81. The molecule has 0 aromatic carbocycles. The molecule has 0 saturated heterocycles. The molecule has 0 saturated carbocycles. The summed E-state index contributed by atoms with van der Waals surface area (Å²) in [6, 6.07) is -1.28. The molecule has 8 heteroatoms. The fourth-order valence-corrected chi connectivity index (χ4v) is 1.33. The molecule has 0 bridgehead atoms. The average Bonchev–Trinajstić information content (AvgIpc) is 2.33. The molecule has 0 spiro atoms. The highest BCUT2D eigenvalue weighted by atomic mass is 16.4. The van der Waals surface area contributed by atoms with Crippen molar-refractivity contribution in [1.82, 2.24) is 0 Å². The molecule has 0 unspecified atom stereocenters. The molecule has 0 fully saturated rings. The molecule has 0 aliphatic rings. The number of carbonyl (C=O) groups is 2. The van der Waals surface area contributed by atoms with Crippen molar-refractivity contribution in [3.05, 3.63) is 0 Å². The van der Waals surface area contributed by atoms with E-state index in [4.69, 9.17) is 15.9 Å². The van der Waals surface area contributed by atoms with Crippen LogP contribution in [0.2, 0.25) is 0 Å². The van der Waals surface area contributed by atoms with Gasteiger partial charge in [0.05, 0.1) is 12.6 Å². The van der Waals surface area contributed by atoms with Crippen LogP contribution in [-0.2, 0) is 9.59 Å². The zero-order valence-corrected chi connectivity index (χ0v) is 9.22. The number of ketones is 1. The van der Waals surface area contributed by atoms with E-state index in [9.17, 15) is 24.9 Å². The van der Waals surface area contributed by atoms with Gasteiger partial charge in [-0.25, -0.2) is 0 Å². The molecular weight excluding hydrogens is 234 g/mol. The number of hydrogen-bond donors (Lipinski definition) is 6. The van der Waals surface area contributed by atoms with Crippen LogP contribution in [0.4, 0.5) is 0 Å². The second kappa shape index (κ2) is 6.15. The topological polar surface area (TPSA) is 161 Å². The predicted molar refractivity (Wildman–Crippen MR) is 54.8 cm³/mol. The number of aldehydes is 1. The van der Waals surface area contributed by atoms with E-state index >= 15 is 0 Å². The van der Waals surface area contributed by atoms with Gasteiger partial charge in [-0.15, -0.1) is 0 Å². The van der Waals surface area contributed by atoms with Crippen molar-refractivity contribution in [2.45, 2.75) is 36.9 Å². The fraction of sp³-hybridized carbons (Fsp3) is 0.778. The second-order valence-electron chi connectivity index (χ2n) is 3.75. The Hall–Kier alpha value is -0.900. The molecule has 0 aliphatic carbocycles. The van der Waals surface area contributed by atoms with Gasteiger partial charge in [-0.2, -0.15) is 0 Å². The SMILES string of the molecule is C[C@H](N)C(=O)[C@](O)([C@H](O)[C@H](O)CO)[C@@H](O)C=O. The summed E-state index contributed by atoms with van der Waals surface area (Å²) in [4.78, 5) is 22.0.